The molecule has 1 atom stereocenters. The summed E-state index contributed by atoms with van der Waals surface area (Å²) in [6, 6.07) is 5.25. The minimum absolute atomic E-state index is 0.0868. The van der Waals surface area contributed by atoms with Gasteiger partial charge in [-0.05, 0) is 50.5 Å². The average molecular weight is 350 g/mol. The van der Waals surface area contributed by atoms with Crippen molar-refractivity contribution < 1.29 is 8.42 Å². The molecule has 1 aromatic heterocycles. The van der Waals surface area contributed by atoms with Gasteiger partial charge in [0.2, 0.25) is 0 Å². The van der Waals surface area contributed by atoms with Gasteiger partial charge in [-0.3, -0.25) is 4.68 Å². The molecule has 0 saturated heterocycles. The Morgan fingerprint density at radius 3 is 2.46 bits per heavy atom. The summed E-state index contributed by atoms with van der Waals surface area (Å²) in [5, 5.41) is 7.58. The summed E-state index contributed by atoms with van der Waals surface area (Å²) in [5.74, 6) is 0.102. The number of nitrogens with one attached hydrogen (secondary N) is 1. The van der Waals surface area contributed by atoms with Crippen LogP contribution in [-0.4, -0.2) is 30.0 Å². The Kier molecular flexibility index (Phi) is 5.83. The number of aromatic nitrogens is 2. The van der Waals surface area contributed by atoms with E-state index in [-0.39, 0.29) is 11.8 Å². The Morgan fingerprint density at radius 2 is 1.92 bits per heavy atom. The van der Waals surface area contributed by atoms with Gasteiger partial charge in [-0.1, -0.05) is 13.0 Å². The molecule has 0 aliphatic rings. The maximum atomic E-state index is 12.7. The van der Waals surface area contributed by atoms with Gasteiger partial charge in [-0.15, -0.1) is 0 Å². The second-order valence-corrected chi connectivity index (χ2v) is 8.43. The Bertz CT molecular complexity index is 810. The lowest BCUT2D eigenvalue weighted by atomic mass is 10.1. The van der Waals surface area contributed by atoms with Gasteiger partial charge >= 0.3 is 0 Å². The molecule has 0 amide bonds. The lowest BCUT2D eigenvalue weighted by Crippen LogP contribution is -2.35. The predicted octanol–water partition coefficient (Wildman–Crippen LogP) is 2.69. The van der Waals surface area contributed by atoms with E-state index in [1.807, 2.05) is 51.7 Å². The van der Waals surface area contributed by atoms with E-state index in [4.69, 9.17) is 0 Å². The maximum Gasteiger partial charge on any atom is 0.179 e. The third-order valence-electron chi connectivity index (χ3n) is 4.67. The zero-order valence-electron chi connectivity index (χ0n) is 15.1. The number of nitrogens with zero attached hydrogens (tertiary/aromatic N) is 2. The van der Waals surface area contributed by atoms with Crippen LogP contribution >= 0.6 is 0 Å². The van der Waals surface area contributed by atoms with E-state index in [1.165, 1.54) is 0 Å². The van der Waals surface area contributed by atoms with Crippen LogP contribution in [0.1, 0.15) is 35.7 Å². The quantitative estimate of drug-likeness (QED) is 0.835. The van der Waals surface area contributed by atoms with E-state index < -0.39 is 9.84 Å². The van der Waals surface area contributed by atoms with Crippen LogP contribution < -0.4 is 5.32 Å². The first-order valence-corrected chi connectivity index (χ1v) is 9.90. The highest BCUT2D eigenvalue weighted by Crippen LogP contribution is 2.17. The fourth-order valence-electron chi connectivity index (χ4n) is 2.56. The maximum absolute atomic E-state index is 12.7. The summed E-state index contributed by atoms with van der Waals surface area (Å²) in [6.45, 7) is 8.56. The van der Waals surface area contributed by atoms with Crippen molar-refractivity contribution in [2.75, 3.05) is 5.75 Å². The zero-order chi connectivity index (χ0) is 17.9. The van der Waals surface area contributed by atoms with Crippen molar-refractivity contribution in [1.29, 1.82) is 0 Å². The van der Waals surface area contributed by atoms with Crippen LogP contribution in [0, 0.1) is 20.8 Å². The summed E-state index contributed by atoms with van der Waals surface area (Å²) < 4.78 is 27.2. The number of rotatable bonds is 7. The molecular weight excluding hydrogens is 322 g/mol. The van der Waals surface area contributed by atoms with Gasteiger partial charge in [0.1, 0.15) is 0 Å². The second kappa shape index (κ2) is 7.49. The predicted molar refractivity (Wildman–Crippen MR) is 96.8 cm³/mol. The molecule has 0 unspecified atom stereocenters. The van der Waals surface area contributed by atoms with E-state index in [0.717, 1.165) is 28.8 Å². The zero-order valence-corrected chi connectivity index (χ0v) is 15.9. The molecule has 5 nitrogen and oxygen atoms in total. The summed E-state index contributed by atoms with van der Waals surface area (Å²) in [7, 11) is -1.40. The van der Waals surface area contributed by atoms with Gasteiger partial charge in [0.15, 0.2) is 9.84 Å². The molecule has 1 aromatic carbocycles. The van der Waals surface area contributed by atoms with Gasteiger partial charge in [0.25, 0.3) is 0 Å². The van der Waals surface area contributed by atoms with Crippen molar-refractivity contribution in [3.05, 3.63) is 46.8 Å². The first-order chi connectivity index (χ1) is 11.2. The average Bonchev–Trinajstić information content (AvgIpc) is 2.85. The molecule has 0 fully saturated rings. The molecule has 1 N–H and O–H groups in total. The molecule has 0 aliphatic carbocycles. The lowest BCUT2D eigenvalue weighted by molar-refractivity contribution is 0.519. The van der Waals surface area contributed by atoms with Crippen molar-refractivity contribution in [2.24, 2.45) is 7.05 Å². The van der Waals surface area contributed by atoms with Gasteiger partial charge in [0.05, 0.1) is 16.8 Å². The minimum Gasteiger partial charge on any atom is -0.309 e. The fourth-order valence-corrected chi connectivity index (χ4v) is 4.27. The van der Waals surface area contributed by atoms with Crippen molar-refractivity contribution >= 4 is 9.84 Å². The smallest absolute Gasteiger partial charge is 0.179 e. The molecule has 132 valence electrons. The van der Waals surface area contributed by atoms with E-state index in [0.29, 0.717) is 11.4 Å². The largest absolute Gasteiger partial charge is 0.309 e. The molecule has 6 heteroatoms. The number of hydrogen-bond donors (Lipinski definition) is 1. The molecule has 0 spiro atoms. The highest BCUT2D eigenvalue weighted by Gasteiger charge is 2.21. The first-order valence-electron chi connectivity index (χ1n) is 8.25. The monoisotopic (exact) mass is 349 g/mol. The minimum atomic E-state index is -3.30. The van der Waals surface area contributed by atoms with Crippen molar-refractivity contribution in [1.82, 2.24) is 15.1 Å². The van der Waals surface area contributed by atoms with Gasteiger partial charge in [-0.25, -0.2) is 8.42 Å². The summed E-state index contributed by atoms with van der Waals surface area (Å²) in [4.78, 5) is 0.406. The highest BCUT2D eigenvalue weighted by molar-refractivity contribution is 7.91. The third-order valence-corrected chi connectivity index (χ3v) is 6.48. The summed E-state index contributed by atoms with van der Waals surface area (Å²) in [6.07, 6.45) is 2.58. The number of hydrogen-bond acceptors (Lipinski definition) is 4. The normalized spacial score (nSPS) is 13.2. The lowest BCUT2D eigenvalue weighted by Gasteiger charge is -2.17. The van der Waals surface area contributed by atoms with Crippen molar-refractivity contribution in [2.45, 2.75) is 51.6 Å². The summed E-state index contributed by atoms with van der Waals surface area (Å²) in [5.41, 5.74) is 4.29. The molecular formula is C18H27N3O2S. The fraction of sp³-hybridized carbons (Fsp3) is 0.500. The van der Waals surface area contributed by atoms with E-state index in [2.05, 4.69) is 10.4 Å². The second-order valence-electron chi connectivity index (χ2n) is 6.39. The van der Waals surface area contributed by atoms with Crippen LogP contribution in [0.5, 0.6) is 0 Å². The van der Waals surface area contributed by atoms with Crippen molar-refractivity contribution in [3.63, 3.8) is 0 Å². The van der Waals surface area contributed by atoms with Gasteiger partial charge in [0, 0.05) is 30.9 Å². The molecule has 0 bridgehead atoms. The Morgan fingerprint density at radius 1 is 1.21 bits per heavy atom. The Hall–Kier alpha value is -1.66. The van der Waals surface area contributed by atoms with Gasteiger partial charge < -0.3 is 5.32 Å². The van der Waals surface area contributed by atoms with Crippen LogP contribution in [-0.2, 0) is 23.4 Å². The topological polar surface area (TPSA) is 64.0 Å². The highest BCUT2D eigenvalue weighted by atomic mass is 32.2. The molecule has 1 heterocycles. The van der Waals surface area contributed by atoms with Crippen LogP contribution in [0.2, 0.25) is 0 Å². The molecule has 2 aromatic rings. The number of benzene rings is 1. The van der Waals surface area contributed by atoms with Gasteiger partial charge in [-0.2, -0.15) is 5.10 Å². The van der Waals surface area contributed by atoms with Crippen molar-refractivity contribution in [3.8, 4) is 0 Å². The molecule has 0 radical (unpaired) electrons. The van der Waals surface area contributed by atoms with Crippen LogP contribution in [0.25, 0.3) is 0 Å². The molecule has 24 heavy (non-hydrogen) atoms. The number of aryl methyl sites for hydroxylation is 3. The van der Waals surface area contributed by atoms with E-state index in [9.17, 15) is 8.42 Å². The van der Waals surface area contributed by atoms with Crippen LogP contribution in [0.3, 0.4) is 0 Å². The van der Waals surface area contributed by atoms with Crippen LogP contribution in [0.4, 0.5) is 0 Å². The summed E-state index contributed by atoms with van der Waals surface area (Å²) >= 11 is 0. The Balaban J connectivity index is 2.08. The SMILES string of the molecule is CC[C@@H](CS(=O)(=O)c1ccc(C)c(C)c1)NCc1cnn(C)c1C. The molecule has 2 rings (SSSR count). The third kappa shape index (κ3) is 4.24. The molecule has 0 saturated carbocycles. The van der Waals surface area contributed by atoms with E-state index >= 15 is 0 Å². The number of sulfone groups is 1. The Labute approximate surface area is 145 Å². The van der Waals surface area contributed by atoms with E-state index in [1.54, 1.807) is 12.1 Å². The standard InChI is InChI=1S/C18H27N3O2S/c1-6-17(19-10-16-11-20-21(5)15(16)4)12-24(22,23)18-8-7-13(2)14(3)9-18/h7-9,11,17,19H,6,10,12H2,1-5H3/t17-/m0/s1. The molecule has 0 aliphatic heterocycles. The first kappa shape index (κ1) is 18.7. The van der Waals surface area contributed by atoms with Crippen LogP contribution in [0.15, 0.2) is 29.3 Å².